The van der Waals surface area contributed by atoms with Crippen LogP contribution in [0.15, 0.2) is 72.8 Å². The van der Waals surface area contributed by atoms with E-state index in [2.05, 4.69) is 5.32 Å². The molecule has 4 rings (SSSR count). The van der Waals surface area contributed by atoms with E-state index in [1.807, 2.05) is 36.4 Å². The molecule has 1 atom stereocenters. The van der Waals surface area contributed by atoms with Gasteiger partial charge in [-0.05, 0) is 30.3 Å². The number of hydrogen-bond donors (Lipinski definition) is 2. The van der Waals surface area contributed by atoms with Gasteiger partial charge < -0.3 is 19.9 Å². The van der Waals surface area contributed by atoms with E-state index in [-0.39, 0.29) is 5.91 Å². The topological polar surface area (TPSA) is 88.1 Å². The molecule has 7 heteroatoms. The first kappa shape index (κ1) is 19.3. The van der Waals surface area contributed by atoms with Crippen LogP contribution in [0.4, 0.5) is 11.4 Å². The van der Waals surface area contributed by atoms with Crippen LogP contribution in [0, 0.1) is 0 Å². The molecule has 0 saturated heterocycles. The number of rotatable bonds is 6. The Morgan fingerprint density at radius 3 is 2.43 bits per heavy atom. The van der Waals surface area contributed by atoms with Crippen LogP contribution in [-0.2, 0) is 4.79 Å². The van der Waals surface area contributed by atoms with Crippen LogP contribution in [0.3, 0.4) is 0 Å². The lowest BCUT2D eigenvalue weighted by atomic mass is 10.0. The van der Waals surface area contributed by atoms with Crippen LogP contribution in [0.5, 0.6) is 11.5 Å². The highest BCUT2D eigenvalue weighted by Gasteiger charge is 2.36. The third kappa shape index (κ3) is 3.53. The lowest BCUT2D eigenvalue weighted by molar-refractivity contribution is -0.139. The summed E-state index contributed by atoms with van der Waals surface area (Å²) >= 11 is 0. The van der Waals surface area contributed by atoms with E-state index in [1.54, 1.807) is 48.4 Å². The van der Waals surface area contributed by atoms with Gasteiger partial charge in [-0.15, -0.1) is 0 Å². The van der Waals surface area contributed by atoms with Crippen LogP contribution in [-0.4, -0.2) is 30.7 Å². The van der Waals surface area contributed by atoms with Crippen LogP contribution in [0.25, 0.3) is 0 Å². The summed E-state index contributed by atoms with van der Waals surface area (Å²) in [6.45, 7) is -0.483. The number of amides is 1. The minimum Gasteiger partial charge on any atom is -0.495 e. The quantitative estimate of drug-likeness (QED) is 0.647. The summed E-state index contributed by atoms with van der Waals surface area (Å²) in [6, 6.07) is 21.6. The second-order valence-corrected chi connectivity index (χ2v) is 6.66. The fourth-order valence-corrected chi connectivity index (χ4v) is 3.53. The van der Waals surface area contributed by atoms with Gasteiger partial charge in [-0.1, -0.05) is 42.5 Å². The zero-order valence-electron chi connectivity index (χ0n) is 16.2. The number of nitrogens with zero attached hydrogens (tertiary/aromatic N) is 1. The predicted octanol–water partition coefficient (Wildman–Crippen LogP) is 3.93. The Labute approximate surface area is 173 Å². The fraction of sp³-hybridized carbons (Fsp3) is 0.130. The number of carboxylic acids is 1. The minimum atomic E-state index is -1.08. The maximum Gasteiger partial charge on any atom is 0.341 e. The highest BCUT2D eigenvalue weighted by Crippen LogP contribution is 2.42. The average molecular weight is 404 g/mol. The Morgan fingerprint density at radius 1 is 1.00 bits per heavy atom. The molecule has 1 heterocycles. The van der Waals surface area contributed by atoms with E-state index in [0.29, 0.717) is 34.0 Å². The van der Waals surface area contributed by atoms with E-state index in [1.165, 1.54) is 0 Å². The molecule has 0 spiro atoms. The Kier molecular flexibility index (Phi) is 5.26. The smallest absolute Gasteiger partial charge is 0.341 e. The van der Waals surface area contributed by atoms with Gasteiger partial charge in [0, 0.05) is 11.3 Å². The molecule has 152 valence electrons. The molecule has 0 saturated carbocycles. The molecule has 0 unspecified atom stereocenters. The lowest BCUT2D eigenvalue weighted by Crippen LogP contribution is -2.43. The van der Waals surface area contributed by atoms with E-state index in [9.17, 15) is 9.59 Å². The van der Waals surface area contributed by atoms with Gasteiger partial charge in [0.25, 0.3) is 5.91 Å². The maximum atomic E-state index is 13.5. The third-order valence-corrected chi connectivity index (χ3v) is 4.84. The van der Waals surface area contributed by atoms with Gasteiger partial charge in [0.1, 0.15) is 17.7 Å². The summed E-state index contributed by atoms with van der Waals surface area (Å²) in [6.07, 6.45) is -0.631. The molecule has 0 aromatic heterocycles. The average Bonchev–Trinajstić information content (AvgIpc) is 2.78. The Balaban J connectivity index is 1.86. The second-order valence-electron chi connectivity index (χ2n) is 6.66. The van der Waals surface area contributed by atoms with E-state index in [0.717, 1.165) is 0 Å². The summed E-state index contributed by atoms with van der Waals surface area (Å²) in [5, 5.41) is 12.4. The molecule has 0 radical (unpaired) electrons. The van der Waals surface area contributed by atoms with Crippen molar-refractivity contribution in [1.82, 2.24) is 0 Å². The van der Waals surface area contributed by atoms with E-state index >= 15 is 0 Å². The van der Waals surface area contributed by atoms with Crippen molar-refractivity contribution < 1.29 is 24.2 Å². The summed E-state index contributed by atoms with van der Waals surface area (Å²) < 4.78 is 11.0. The lowest BCUT2D eigenvalue weighted by Gasteiger charge is -2.39. The zero-order chi connectivity index (χ0) is 21.1. The van der Waals surface area contributed by atoms with Gasteiger partial charge in [-0.3, -0.25) is 9.69 Å². The summed E-state index contributed by atoms with van der Waals surface area (Å²) in [5.74, 6) is -0.359. The van der Waals surface area contributed by atoms with Crippen molar-refractivity contribution in [3.63, 3.8) is 0 Å². The number of aliphatic carboxylic acids is 1. The number of carbonyl (C=O) groups is 2. The first-order chi connectivity index (χ1) is 14.6. The molecular formula is C23H20N2O5. The van der Waals surface area contributed by atoms with Crippen molar-refractivity contribution in [2.75, 3.05) is 23.9 Å². The van der Waals surface area contributed by atoms with Crippen LogP contribution in [0.1, 0.15) is 22.1 Å². The van der Waals surface area contributed by atoms with Crippen molar-refractivity contribution >= 4 is 23.3 Å². The summed E-state index contributed by atoms with van der Waals surface area (Å²) in [5.41, 5.74) is 2.44. The van der Waals surface area contributed by atoms with Crippen LogP contribution >= 0.6 is 0 Å². The number of carboxylic acid groups (broad SMARTS) is 1. The van der Waals surface area contributed by atoms with Gasteiger partial charge in [0.2, 0.25) is 0 Å². The van der Waals surface area contributed by atoms with Gasteiger partial charge in [0.05, 0.1) is 18.4 Å². The molecule has 1 aliphatic heterocycles. The zero-order valence-corrected chi connectivity index (χ0v) is 16.2. The van der Waals surface area contributed by atoms with Gasteiger partial charge >= 0.3 is 5.97 Å². The van der Waals surface area contributed by atoms with Crippen molar-refractivity contribution in [3.8, 4) is 11.5 Å². The molecule has 30 heavy (non-hydrogen) atoms. The molecule has 2 N–H and O–H groups in total. The summed E-state index contributed by atoms with van der Waals surface area (Å²) in [7, 11) is 1.55. The summed E-state index contributed by atoms with van der Waals surface area (Å²) in [4.78, 5) is 26.2. The molecule has 0 fully saturated rings. The Bertz CT molecular complexity index is 1100. The Hall–Kier alpha value is -4.00. The maximum absolute atomic E-state index is 13.5. The molecular weight excluding hydrogens is 384 g/mol. The van der Waals surface area contributed by atoms with E-state index < -0.39 is 18.7 Å². The van der Waals surface area contributed by atoms with Gasteiger partial charge in [0.15, 0.2) is 6.61 Å². The number of nitrogens with one attached hydrogen (secondary N) is 1. The monoisotopic (exact) mass is 404 g/mol. The van der Waals surface area contributed by atoms with E-state index in [4.69, 9.17) is 14.6 Å². The van der Waals surface area contributed by atoms with Crippen molar-refractivity contribution in [3.05, 3.63) is 83.9 Å². The van der Waals surface area contributed by atoms with Crippen molar-refractivity contribution in [2.45, 2.75) is 6.17 Å². The molecule has 7 nitrogen and oxygen atoms in total. The standard InChI is InChI=1S/C23H20N2O5/c1-29-20-13-7-5-11-18(20)25-22(24-17-10-4-2-8-15(17)23(25)28)16-9-3-6-12-19(16)30-14-21(26)27/h2-13,22,24H,14H2,1H3,(H,26,27)/t22-/m0/s1. The normalized spacial score (nSPS) is 15.2. The van der Waals surface area contributed by atoms with Crippen LogP contribution < -0.4 is 19.7 Å². The van der Waals surface area contributed by atoms with Crippen molar-refractivity contribution in [2.24, 2.45) is 0 Å². The number of carbonyl (C=O) groups excluding carboxylic acids is 1. The van der Waals surface area contributed by atoms with Gasteiger partial charge in [-0.25, -0.2) is 4.79 Å². The molecule has 1 amide bonds. The molecule has 1 aliphatic rings. The molecule has 3 aromatic carbocycles. The number of hydrogen-bond acceptors (Lipinski definition) is 5. The number of methoxy groups -OCH3 is 1. The SMILES string of the molecule is COc1ccccc1N1C(=O)c2ccccc2N[C@@H]1c1ccccc1OCC(=O)O. The van der Waals surface area contributed by atoms with Gasteiger partial charge in [-0.2, -0.15) is 0 Å². The molecule has 0 aliphatic carbocycles. The number of anilines is 2. The largest absolute Gasteiger partial charge is 0.495 e. The highest BCUT2D eigenvalue weighted by molar-refractivity contribution is 6.12. The predicted molar refractivity (Wildman–Crippen MR) is 112 cm³/mol. The first-order valence-corrected chi connectivity index (χ1v) is 9.36. The minimum absolute atomic E-state index is 0.202. The first-order valence-electron chi connectivity index (χ1n) is 9.36. The molecule has 0 bridgehead atoms. The number of para-hydroxylation sites is 4. The number of benzene rings is 3. The second kappa shape index (κ2) is 8.16. The highest BCUT2D eigenvalue weighted by atomic mass is 16.5. The third-order valence-electron chi connectivity index (χ3n) is 4.84. The Morgan fingerprint density at radius 2 is 1.67 bits per heavy atom. The fourth-order valence-electron chi connectivity index (χ4n) is 3.53. The van der Waals surface area contributed by atoms with Crippen molar-refractivity contribution in [1.29, 1.82) is 0 Å². The molecule has 3 aromatic rings. The van der Waals surface area contributed by atoms with Crippen LogP contribution in [0.2, 0.25) is 0 Å². The number of ether oxygens (including phenoxy) is 2. The number of fused-ring (bicyclic) bond motifs is 1.